The lowest BCUT2D eigenvalue weighted by atomic mass is 10.0. The number of alkyl halides is 3. The van der Waals surface area contributed by atoms with E-state index in [-0.39, 0.29) is 5.69 Å². The summed E-state index contributed by atoms with van der Waals surface area (Å²) in [5.74, 6) is -1.08. The van der Waals surface area contributed by atoms with Crippen molar-refractivity contribution in [3.05, 3.63) is 29.3 Å². The van der Waals surface area contributed by atoms with E-state index in [0.29, 0.717) is 26.3 Å². The number of halogens is 3. The van der Waals surface area contributed by atoms with Gasteiger partial charge >= 0.3 is 6.18 Å². The fourth-order valence-corrected chi connectivity index (χ4v) is 2.11. The molecule has 19 heavy (non-hydrogen) atoms. The van der Waals surface area contributed by atoms with Crippen molar-refractivity contribution in [2.75, 3.05) is 31.2 Å². The Morgan fingerprint density at radius 1 is 1.26 bits per heavy atom. The highest BCUT2D eigenvalue weighted by atomic mass is 19.4. The standard InChI is InChI=1S/C12H13F3N2O2/c13-12(14,15)10-8(11(16)18)2-1-3-9(10)17-4-6-19-7-5-17/h1-3H,4-7H2,(H2,16,18). The Balaban J connectivity index is 2.53. The monoisotopic (exact) mass is 274 g/mol. The summed E-state index contributed by atoms with van der Waals surface area (Å²) in [5, 5.41) is 0. The van der Waals surface area contributed by atoms with E-state index in [2.05, 4.69) is 0 Å². The molecule has 0 bridgehead atoms. The number of nitrogens with zero attached hydrogens (tertiary/aromatic N) is 1. The second kappa shape index (κ2) is 5.08. The Labute approximate surface area is 107 Å². The molecule has 0 radical (unpaired) electrons. The summed E-state index contributed by atoms with van der Waals surface area (Å²) in [6.45, 7) is 1.42. The fraction of sp³-hybridized carbons (Fsp3) is 0.417. The smallest absolute Gasteiger partial charge is 0.378 e. The maximum absolute atomic E-state index is 13.2. The molecule has 1 fully saturated rings. The zero-order valence-electron chi connectivity index (χ0n) is 10.0. The van der Waals surface area contributed by atoms with Crippen molar-refractivity contribution in [2.45, 2.75) is 6.18 Å². The average molecular weight is 274 g/mol. The van der Waals surface area contributed by atoms with Crippen molar-refractivity contribution in [1.29, 1.82) is 0 Å². The van der Waals surface area contributed by atoms with Gasteiger partial charge in [-0.2, -0.15) is 13.2 Å². The summed E-state index contributed by atoms with van der Waals surface area (Å²) >= 11 is 0. The van der Waals surface area contributed by atoms with Gasteiger partial charge in [-0.25, -0.2) is 0 Å². The van der Waals surface area contributed by atoms with E-state index < -0.39 is 23.2 Å². The van der Waals surface area contributed by atoms with Crippen molar-refractivity contribution in [3.8, 4) is 0 Å². The van der Waals surface area contributed by atoms with Crippen LogP contribution < -0.4 is 10.6 Å². The SMILES string of the molecule is NC(=O)c1cccc(N2CCOCC2)c1C(F)(F)F. The van der Waals surface area contributed by atoms with Gasteiger partial charge in [-0.05, 0) is 12.1 Å². The molecule has 1 aromatic rings. The van der Waals surface area contributed by atoms with Gasteiger partial charge in [-0.15, -0.1) is 0 Å². The largest absolute Gasteiger partial charge is 0.419 e. The second-order valence-electron chi connectivity index (χ2n) is 4.16. The summed E-state index contributed by atoms with van der Waals surface area (Å²) < 4.78 is 44.6. The zero-order chi connectivity index (χ0) is 14.0. The number of hydrogen-bond acceptors (Lipinski definition) is 3. The molecule has 0 saturated carbocycles. The Bertz CT molecular complexity index is 482. The van der Waals surface area contributed by atoms with Gasteiger partial charge in [0.2, 0.25) is 5.91 Å². The first kappa shape index (κ1) is 13.7. The van der Waals surface area contributed by atoms with Gasteiger partial charge in [0.1, 0.15) is 0 Å². The van der Waals surface area contributed by atoms with Crippen LogP contribution in [-0.4, -0.2) is 32.2 Å². The van der Waals surface area contributed by atoms with Gasteiger partial charge in [0, 0.05) is 18.8 Å². The molecule has 7 heteroatoms. The molecule has 1 saturated heterocycles. The predicted octanol–water partition coefficient (Wildman–Crippen LogP) is 1.64. The van der Waals surface area contributed by atoms with Gasteiger partial charge in [0.15, 0.2) is 0 Å². The molecular weight excluding hydrogens is 261 g/mol. The second-order valence-corrected chi connectivity index (χ2v) is 4.16. The van der Waals surface area contributed by atoms with Crippen molar-refractivity contribution < 1.29 is 22.7 Å². The minimum absolute atomic E-state index is 0.0212. The van der Waals surface area contributed by atoms with Gasteiger partial charge in [0.25, 0.3) is 0 Å². The van der Waals surface area contributed by atoms with Crippen LogP contribution in [0, 0.1) is 0 Å². The Hall–Kier alpha value is -1.76. The Morgan fingerprint density at radius 2 is 1.89 bits per heavy atom. The molecule has 1 amide bonds. The minimum Gasteiger partial charge on any atom is -0.378 e. The number of carbonyl (C=O) groups excluding carboxylic acids is 1. The number of anilines is 1. The topological polar surface area (TPSA) is 55.6 Å². The quantitative estimate of drug-likeness (QED) is 0.892. The molecule has 2 N–H and O–H groups in total. The van der Waals surface area contributed by atoms with Crippen molar-refractivity contribution in [1.82, 2.24) is 0 Å². The number of nitrogens with two attached hydrogens (primary N) is 1. The normalized spacial score (nSPS) is 16.5. The van der Waals surface area contributed by atoms with Crippen molar-refractivity contribution in [2.24, 2.45) is 5.73 Å². The zero-order valence-corrected chi connectivity index (χ0v) is 10.0. The van der Waals surface area contributed by atoms with E-state index in [1.807, 2.05) is 0 Å². The summed E-state index contributed by atoms with van der Waals surface area (Å²) in [4.78, 5) is 12.7. The summed E-state index contributed by atoms with van der Waals surface area (Å²) in [5.41, 5.74) is 3.53. The highest BCUT2D eigenvalue weighted by Crippen LogP contribution is 2.39. The lowest BCUT2D eigenvalue weighted by Gasteiger charge is -2.31. The van der Waals surface area contributed by atoms with E-state index in [4.69, 9.17) is 10.5 Å². The van der Waals surface area contributed by atoms with Gasteiger partial charge in [-0.1, -0.05) is 6.07 Å². The van der Waals surface area contributed by atoms with Gasteiger partial charge in [-0.3, -0.25) is 4.79 Å². The lowest BCUT2D eigenvalue weighted by molar-refractivity contribution is -0.137. The van der Waals surface area contributed by atoms with E-state index >= 15 is 0 Å². The first-order chi connectivity index (χ1) is 8.91. The molecular formula is C12H13F3N2O2. The highest BCUT2D eigenvalue weighted by molar-refractivity contribution is 5.96. The van der Waals surface area contributed by atoms with Crippen LogP contribution in [0.3, 0.4) is 0 Å². The molecule has 0 atom stereocenters. The molecule has 0 spiro atoms. The first-order valence-corrected chi connectivity index (χ1v) is 5.74. The van der Waals surface area contributed by atoms with Crippen LogP contribution >= 0.6 is 0 Å². The number of ether oxygens (including phenoxy) is 1. The molecule has 0 aliphatic carbocycles. The number of morpholine rings is 1. The minimum atomic E-state index is -4.63. The van der Waals surface area contributed by atoms with E-state index in [0.717, 1.165) is 6.07 Å². The number of benzene rings is 1. The summed E-state index contributed by atoms with van der Waals surface area (Å²) in [7, 11) is 0. The average Bonchev–Trinajstić information content (AvgIpc) is 2.38. The molecule has 0 unspecified atom stereocenters. The summed E-state index contributed by atoms with van der Waals surface area (Å²) in [6, 6.07) is 3.84. The number of hydrogen-bond donors (Lipinski definition) is 1. The molecule has 4 nitrogen and oxygen atoms in total. The van der Waals surface area contributed by atoms with Crippen LogP contribution in [0.5, 0.6) is 0 Å². The summed E-state index contributed by atoms with van der Waals surface area (Å²) in [6.07, 6.45) is -4.63. The molecule has 104 valence electrons. The molecule has 1 aliphatic heterocycles. The highest BCUT2D eigenvalue weighted by Gasteiger charge is 2.39. The maximum atomic E-state index is 13.2. The molecule has 2 rings (SSSR count). The predicted molar refractivity (Wildman–Crippen MR) is 63.0 cm³/mol. The molecule has 1 heterocycles. The van der Waals surface area contributed by atoms with Crippen LogP contribution in [-0.2, 0) is 10.9 Å². The fourth-order valence-electron chi connectivity index (χ4n) is 2.11. The molecule has 1 aliphatic rings. The van der Waals surface area contributed by atoms with E-state index in [9.17, 15) is 18.0 Å². The number of carbonyl (C=O) groups is 1. The van der Waals surface area contributed by atoms with Gasteiger partial charge in [0.05, 0.1) is 24.3 Å². The van der Waals surface area contributed by atoms with E-state index in [1.165, 1.54) is 12.1 Å². The number of rotatable bonds is 2. The van der Waals surface area contributed by atoms with Crippen molar-refractivity contribution in [3.63, 3.8) is 0 Å². The third kappa shape index (κ3) is 2.81. The Kier molecular flexibility index (Phi) is 3.66. The third-order valence-electron chi connectivity index (χ3n) is 2.94. The van der Waals surface area contributed by atoms with Gasteiger partial charge < -0.3 is 15.4 Å². The maximum Gasteiger partial charge on any atom is 0.419 e. The number of primary amides is 1. The van der Waals surface area contributed by atoms with Crippen molar-refractivity contribution >= 4 is 11.6 Å². The van der Waals surface area contributed by atoms with Crippen LogP contribution in [0.15, 0.2) is 18.2 Å². The third-order valence-corrected chi connectivity index (χ3v) is 2.94. The van der Waals surface area contributed by atoms with Crippen LogP contribution in [0.25, 0.3) is 0 Å². The van der Waals surface area contributed by atoms with Crippen LogP contribution in [0.2, 0.25) is 0 Å². The first-order valence-electron chi connectivity index (χ1n) is 5.74. The molecule has 1 aromatic carbocycles. The van der Waals surface area contributed by atoms with Crippen LogP contribution in [0.1, 0.15) is 15.9 Å². The lowest BCUT2D eigenvalue weighted by Crippen LogP contribution is -2.38. The molecule has 0 aromatic heterocycles. The van der Waals surface area contributed by atoms with E-state index in [1.54, 1.807) is 4.90 Å². The van der Waals surface area contributed by atoms with Crippen LogP contribution in [0.4, 0.5) is 18.9 Å². The Morgan fingerprint density at radius 3 is 2.42 bits per heavy atom. The number of amides is 1.